The summed E-state index contributed by atoms with van der Waals surface area (Å²) in [6.45, 7) is 5.77. The zero-order valence-corrected chi connectivity index (χ0v) is 19.6. The van der Waals surface area contributed by atoms with Crippen molar-refractivity contribution in [1.82, 2.24) is 0 Å². The van der Waals surface area contributed by atoms with E-state index in [1.165, 1.54) is 21.3 Å². The molecule has 0 N–H and O–H groups in total. The van der Waals surface area contributed by atoms with Gasteiger partial charge in [-0.1, -0.05) is 0 Å². The molecule has 0 aliphatic heterocycles. The van der Waals surface area contributed by atoms with Gasteiger partial charge in [-0.15, -0.1) is 0 Å². The van der Waals surface area contributed by atoms with Crippen LogP contribution in [0.15, 0.2) is 0 Å². The van der Waals surface area contributed by atoms with Crippen molar-refractivity contribution in [3.05, 3.63) is 0 Å². The Morgan fingerprint density at radius 2 is 1.00 bits per heavy atom. The minimum atomic E-state index is -3.76. The van der Waals surface area contributed by atoms with Crippen LogP contribution in [0.3, 0.4) is 0 Å². The van der Waals surface area contributed by atoms with Crippen molar-refractivity contribution in [3.8, 4) is 0 Å². The van der Waals surface area contributed by atoms with Crippen LogP contribution in [0.4, 0.5) is 0 Å². The molecule has 23 heavy (non-hydrogen) atoms. The fourth-order valence-corrected chi connectivity index (χ4v) is 35.8. The maximum absolute atomic E-state index is 12.2. The maximum atomic E-state index is 12.2. The standard InChI is InChI=1S/C4H9.3C3H6O2S.Sn/c1-4(2)3;3*1-5-2-3(4)6;/h1-3H3;3*2H2,1H3,(H,4,6);/q;;;;+3/p-3. The molecule has 0 bridgehead atoms. The molecule has 0 unspecified atom stereocenters. The molecule has 0 fully saturated rings. The second kappa shape index (κ2) is 11.4. The van der Waals surface area contributed by atoms with Gasteiger partial charge in [-0.25, -0.2) is 0 Å². The van der Waals surface area contributed by atoms with Crippen LogP contribution >= 0.6 is 26.8 Å². The van der Waals surface area contributed by atoms with Gasteiger partial charge in [0.25, 0.3) is 0 Å². The van der Waals surface area contributed by atoms with Crippen LogP contribution < -0.4 is 0 Å². The molecule has 0 amide bonds. The molecule has 0 aliphatic rings. The van der Waals surface area contributed by atoms with Gasteiger partial charge >= 0.3 is 150 Å². The molecule has 0 atom stereocenters. The Balaban J connectivity index is 5.57. The molecule has 0 heterocycles. The average molecular weight is 491 g/mol. The van der Waals surface area contributed by atoms with Gasteiger partial charge < -0.3 is 0 Å². The molecule has 0 aliphatic carbocycles. The van der Waals surface area contributed by atoms with Crippen LogP contribution in [0, 0.1) is 0 Å². The van der Waals surface area contributed by atoms with Crippen LogP contribution in [0.5, 0.6) is 0 Å². The summed E-state index contributed by atoms with van der Waals surface area (Å²) in [5.41, 5.74) is 0. The number of ether oxygens (including phenoxy) is 3. The number of carbonyl (C=O) groups excluding carboxylic acids is 3. The van der Waals surface area contributed by atoms with Crippen LogP contribution in [0.1, 0.15) is 20.8 Å². The molecular formula is C13H24O6S3Sn. The van der Waals surface area contributed by atoms with Gasteiger partial charge in [0.05, 0.1) is 0 Å². The third kappa shape index (κ3) is 8.59. The molecule has 0 aromatic carbocycles. The molecule has 0 rings (SSSR count). The first-order valence-electron chi connectivity index (χ1n) is 6.74. The second-order valence-corrected chi connectivity index (χ2v) is 37.7. The summed E-state index contributed by atoms with van der Waals surface area (Å²) in [7, 11) is 7.78. The SMILES string of the molecule is COCC(=O)[S][Sn]([S]C(=O)COC)([S]C(=O)COC)[C](C)(C)C. The van der Waals surface area contributed by atoms with E-state index in [1.807, 2.05) is 20.8 Å². The van der Waals surface area contributed by atoms with E-state index < -0.39 is 14.2 Å². The third-order valence-electron chi connectivity index (χ3n) is 2.45. The summed E-state index contributed by atoms with van der Waals surface area (Å²) in [4.78, 5) is 36.5. The van der Waals surface area contributed by atoms with Crippen molar-refractivity contribution in [2.75, 3.05) is 41.2 Å². The second-order valence-electron chi connectivity index (χ2n) is 5.53. The molecule has 10 heteroatoms. The molecule has 0 spiro atoms. The molecule has 6 nitrogen and oxygen atoms in total. The van der Waals surface area contributed by atoms with Crippen molar-refractivity contribution in [2.45, 2.75) is 24.2 Å². The number of rotatable bonds is 9. The van der Waals surface area contributed by atoms with Gasteiger partial charge in [0.1, 0.15) is 0 Å². The minimum absolute atomic E-state index is 0.0442. The van der Waals surface area contributed by atoms with Gasteiger partial charge in [-0.2, -0.15) is 0 Å². The van der Waals surface area contributed by atoms with Gasteiger partial charge in [-0.05, 0) is 0 Å². The number of methoxy groups -OCH3 is 3. The Hall–Kier alpha value is 0.739. The molecule has 134 valence electrons. The van der Waals surface area contributed by atoms with E-state index in [9.17, 15) is 14.4 Å². The predicted octanol–water partition coefficient (Wildman–Crippen LogP) is 2.44. The average Bonchev–Trinajstić information content (AvgIpc) is 2.37. The Kier molecular flexibility index (Phi) is 11.7. The van der Waals surface area contributed by atoms with E-state index in [-0.39, 0.29) is 38.6 Å². The summed E-state index contributed by atoms with van der Waals surface area (Å²) >= 11 is -3.76. The number of hydrogen-bond acceptors (Lipinski definition) is 9. The van der Waals surface area contributed by atoms with Gasteiger partial charge in [0, 0.05) is 0 Å². The summed E-state index contributed by atoms with van der Waals surface area (Å²) < 4.78 is 14.3. The topological polar surface area (TPSA) is 78.9 Å². The van der Waals surface area contributed by atoms with Gasteiger partial charge in [-0.3, -0.25) is 0 Å². The van der Waals surface area contributed by atoms with Crippen LogP contribution in [-0.4, -0.2) is 70.7 Å². The molecule has 0 aromatic rings. The number of carbonyl (C=O) groups is 3. The van der Waals surface area contributed by atoms with Crippen molar-refractivity contribution >= 4 is 56.4 Å². The van der Waals surface area contributed by atoms with Crippen LogP contribution in [0.2, 0.25) is 3.43 Å². The first-order valence-corrected chi connectivity index (χ1v) is 21.1. The third-order valence-corrected chi connectivity index (χ3v) is 44.7. The van der Waals surface area contributed by atoms with E-state index >= 15 is 0 Å². The Morgan fingerprint density at radius 3 is 1.17 bits per heavy atom. The molecule has 0 saturated heterocycles. The fraction of sp³-hybridized carbons (Fsp3) is 0.769. The predicted molar refractivity (Wildman–Crippen MR) is 98.9 cm³/mol. The number of hydrogen-bond donors (Lipinski definition) is 0. The molecule has 0 saturated carbocycles. The van der Waals surface area contributed by atoms with Gasteiger partial charge in [0.2, 0.25) is 0 Å². The van der Waals surface area contributed by atoms with Gasteiger partial charge in [0.15, 0.2) is 0 Å². The quantitative estimate of drug-likeness (QED) is 0.452. The summed E-state index contributed by atoms with van der Waals surface area (Å²) in [5, 5.41) is -0.476. The van der Waals surface area contributed by atoms with E-state index in [2.05, 4.69) is 0 Å². The fourth-order valence-electron chi connectivity index (χ4n) is 1.41. The normalized spacial score (nSPS) is 12.3. The molecule has 0 aromatic heterocycles. The summed E-state index contributed by atoms with van der Waals surface area (Å²) in [5.74, 6) is 0. The first kappa shape index (κ1) is 23.7. The Morgan fingerprint density at radius 1 is 0.739 bits per heavy atom. The van der Waals surface area contributed by atoms with Crippen molar-refractivity contribution < 1.29 is 28.6 Å². The van der Waals surface area contributed by atoms with Crippen molar-refractivity contribution in [1.29, 1.82) is 0 Å². The van der Waals surface area contributed by atoms with E-state index in [4.69, 9.17) is 14.2 Å². The van der Waals surface area contributed by atoms with Crippen molar-refractivity contribution in [3.63, 3.8) is 0 Å². The molecular weight excluding hydrogens is 467 g/mol. The van der Waals surface area contributed by atoms with E-state index in [0.717, 1.165) is 26.8 Å². The zero-order chi connectivity index (χ0) is 18.1. The van der Waals surface area contributed by atoms with E-state index in [1.54, 1.807) is 0 Å². The Bertz CT molecular complexity index is 374. The summed E-state index contributed by atoms with van der Waals surface area (Å²) in [6, 6.07) is 0. The summed E-state index contributed by atoms with van der Waals surface area (Å²) in [6.07, 6.45) is 0. The first-order chi connectivity index (χ1) is 10.6. The Labute approximate surface area is 149 Å². The molecule has 0 radical (unpaired) electrons. The van der Waals surface area contributed by atoms with Crippen molar-refractivity contribution in [2.24, 2.45) is 0 Å². The zero-order valence-electron chi connectivity index (χ0n) is 14.3. The van der Waals surface area contributed by atoms with Crippen LogP contribution in [0.25, 0.3) is 0 Å². The monoisotopic (exact) mass is 492 g/mol. The van der Waals surface area contributed by atoms with Crippen LogP contribution in [-0.2, 0) is 28.6 Å². The van der Waals surface area contributed by atoms with E-state index in [0.29, 0.717) is 0 Å².